The Morgan fingerprint density at radius 1 is 1.06 bits per heavy atom. The third kappa shape index (κ3) is 6.27. The van der Waals surface area contributed by atoms with Gasteiger partial charge in [-0.05, 0) is 40.2 Å². The second kappa shape index (κ2) is 10.6. The van der Waals surface area contributed by atoms with Crippen LogP contribution in [0.2, 0.25) is 0 Å². The number of fused-ring (bicyclic) bond motifs is 1. The molecule has 0 aliphatic carbocycles. The number of nitrogens with one attached hydrogen (secondary N) is 1. The van der Waals surface area contributed by atoms with Gasteiger partial charge in [0.05, 0.1) is 12.2 Å². The summed E-state index contributed by atoms with van der Waals surface area (Å²) in [6.45, 7) is 12.6. The van der Waals surface area contributed by atoms with Gasteiger partial charge in [0.1, 0.15) is 11.6 Å². The highest BCUT2D eigenvalue weighted by molar-refractivity contribution is 8.93. The van der Waals surface area contributed by atoms with Crippen LogP contribution >= 0.6 is 17.0 Å². The number of carboxylic acid groups (broad SMARTS) is 1. The molecule has 8 heteroatoms. The van der Waals surface area contributed by atoms with Crippen molar-refractivity contribution in [3.8, 4) is 5.75 Å². The number of Topliss-reactive ketones (excluding diaryl/α,β-unsaturated/α-hetero) is 1. The lowest BCUT2D eigenvalue weighted by atomic mass is 9.84. The minimum absolute atomic E-state index is 0. The van der Waals surface area contributed by atoms with Gasteiger partial charge in [-0.1, -0.05) is 53.7 Å². The molecule has 36 heavy (non-hydrogen) atoms. The Kier molecular flexibility index (Phi) is 8.67. The van der Waals surface area contributed by atoms with Crippen molar-refractivity contribution in [3.05, 3.63) is 58.1 Å². The molecule has 1 aliphatic rings. The van der Waals surface area contributed by atoms with Crippen molar-refractivity contribution < 1.29 is 19.4 Å². The molecule has 0 aromatic heterocycles. The molecule has 0 fully saturated rings. The summed E-state index contributed by atoms with van der Waals surface area (Å²) in [7, 11) is 3.67. The maximum atomic E-state index is 13.5. The molecule has 0 radical (unpaired) electrons. The number of anilines is 1. The van der Waals surface area contributed by atoms with Gasteiger partial charge in [0.2, 0.25) is 0 Å². The Morgan fingerprint density at radius 2 is 1.69 bits per heavy atom. The molecule has 7 nitrogen and oxygen atoms in total. The van der Waals surface area contributed by atoms with Gasteiger partial charge in [-0.3, -0.25) is 10.2 Å². The van der Waals surface area contributed by atoms with Crippen LogP contribution in [0.25, 0.3) is 0 Å². The Hall–Kier alpha value is -2.87. The SMILES string of the molecule is Br.CN(C)c1cc(C(=O)CN2Cc3ccc(C(C)(C)C)cc3C2=N)cc(C(C)(C)C)c1OCC(=O)O. The predicted octanol–water partition coefficient (Wildman–Crippen LogP) is 5.41. The lowest BCUT2D eigenvalue weighted by molar-refractivity contribution is -0.139. The Labute approximate surface area is 224 Å². The molecule has 1 heterocycles. The van der Waals surface area contributed by atoms with Crippen molar-refractivity contribution >= 4 is 40.3 Å². The zero-order valence-corrected chi connectivity index (χ0v) is 24.2. The van der Waals surface area contributed by atoms with E-state index in [2.05, 4.69) is 39.0 Å². The summed E-state index contributed by atoms with van der Waals surface area (Å²) in [6.07, 6.45) is 0. The van der Waals surface area contributed by atoms with Crippen LogP contribution in [0.3, 0.4) is 0 Å². The smallest absolute Gasteiger partial charge is 0.341 e. The monoisotopic (exact) mass is 559 g/mol. The van der Waals surface area contributed by atoms with Gasteiger partial charge in [-0.15, -0.1) is 17.0 Å². The molecule has 0 bridgehead atoms. The van der Waals surface area contributed by atoms with Crippen LogP contribution in [0.4, 0.5) is 5.69 Å². The number of hydrogen-bond acceptors (Lipinski definition) is 5. The highest BCUT2D eigenvalue weighted by atomic mass is 79.9. The van der Waals surface area contributed by atoms with Crippen molar-refractivity contribution in [2.75, 3.05) is 32.1 Å². The van der Waals surface area contributed by atoms with E-state index in [4.69, 9.17) is 15.3 Å². The number of nitrogens with zero attached hydrogens (tertiary/aromatic N) is 2. The number of ether oxygens (including phenoxy) is 1. The van der Waals surface area contributed by atoms with Gasteiger partial charge in [0.15, 0.2) is 12.4 Å². The summed E-state index contributed by atoms with van der Waals surface area (Å²) >= 11 is 0. The fourth-order valence-electron chi connectivity index (χ4n) is 4.21. The molecule has 2 aromatic carbocycles. The van der Waals surface area contributed by atoms with E-state index < -0.39 is 12.6 Å². The first-order valence-corrected chi connectivity index (χ1v) is 11.8. The Morgan fingerprint density at radius 3 is 2.22 bits per heavy atom. The maximum absolute atomic E-state index is 13.5. The summed E-state index contributed by atoms with van der Waals surface area (Å²) in [5, 5.41) is 17.9. The van der Waals surface area contributed by atoms with Crippen LogP contribution in [-0.2, 0) is 22.2 Å². The highest BCUT2D eigenvalue weighted by Gasteiger charge is 2.30. The zero-order valence-electron chi connectivity index (χ0n) is 22.5. The van der Waals surface area contributed by atoms with E-state index in [1.807, 2.05) is 39.8 Å². The predicted molar refractivity (Wildman–Crippen MR) is 150 cm³/mol. The molecule has 2 aromatic rings. The van der Waals surface area contributed by atoms with Gasteiger partial charge in [-0.25, -0.2) is 4.79 Å². The molecule has 0 atom stereocenters. The number of carboxylic acids is 1. The molecule has 3 rings (SSSR count). The van der Waals surface area contributed by atoms with Crippen molar-refractivity contribution in [1.29, 1.82) is 5.41 Å². The number of carbonyl (C=O) groups is 2. The molecule has 0 amide bonds. The summed E-state index contributed by atoms with van der Waals surface area (Å²) in [6, 6.07) is 9.78. The summed E-state index contributed by atoms with van der Waals surface area (Å²) in [5.41, 5.74) is 4.63. The minimum atomic E-state index is -1.06. The minimum Gasteiger partial charge on any atom is -0.479 e. The van der Waals surface area contributed by atoms with E-state index in [1.54, 1.807) is 17.0 Å². The molecule has 0 saturated carbocycles. The van der Waals surface area contributed by atoms with Gasteiger partial charge >= 0.3 is 5.97 Å². The Balaban J connectivity index is 0.00000456. The summed E-state index contributed by atoms with van der Waals surface area (Å²) in [5.74, 6) is -0.323. The highest BCUT2D eigenvalue weighted by Crippen LogP contribution is 2.40. The standard InChI is InChI=1S/C28H37N3O4.BrH/c1-27(2,3)19-10-9-17-14-31(26(29)20(17)13-19)15-23(32)18-11-21(28(4,5)6)25(35-16-24(33)34)22(12-18)30(7)8;/h9-13,29H,14-16H2,1-8H3,(H,33,34);1H. The molecular formula is C28H38BrN3O4. The number of hydrogen-bond donors (Lipinski definition) is 2. The number of rotatable bonds is 7. The topological polar surface area (TPSA) is 93.9 Å². The van der Waals surface area contributed by atoms with Crippen LogP contribution in [0, 0.1) is 5.41 Å². The van der Waals surface area contributed by atoms with Crippen LogP contribution < -0.4 is 9.64 Å². The number of benzene rings is 2. The van der Waals surface area contributed by atoms with E-state index in [-0.39, 0.29) is 40.1 Å². The maximum Gasteiger partial charge on any atom is 0.341 e. The second-order valence-electron chi connectivity index (χ2n) is 11.4. The van der Waals surface area contributed by atoms with Crippen LogP contribution in [0.5, 0.6) is 5.75 Å². The molecule has 1 aliphatic heterocycles. The average molecular weight is 561 g/mol. The fourth-order valence-corrected chi connectivity index (χ4v) is 4.21. The molecule has 0 saturated heterocycles. The molecular weight excluding hydrogens is 522 g/mol. The van der Waals surface area contributed by atoms with Gasteiger partial charge in [0, 0.05) is 37.3 Å². The largest absolute Gasteiger partial charge is 0.479 e. The van der Waals surface area contributed by atoms with Gasteiger partial charge < -0.3 is 19.6 Å². The van der Waals surface area contributed by atoms with E-state index in [1.165, 1.54) is 0 Å². The molecule has 0 spiro atoms. The number of halogens is 1. The summed E-state index contributed by atoms with van der Waals surface area (Å²) < 4.78 is 5.69. The number of carbonyl (C=O) groups excluding carboxylic acids is 1. The number of amidine groups is 1. The van der Waals surface area contributed by atoms with Crippen molar-refractivity contribution in [1.82, 2.24) is 4.90 Å². The van der Waals surface area contributed by atoms with Gasteiger partial charge in [-0.2, -0.15) is 0 Å². The van der Waals surface area contributed by atoms with Crippen molar-refractivity contribution in [3.63, 3.8) is 0 Å². The quantitative estimate of drug-likeness (QED) is 0.440. The fraction of sp³-hybridized carbons (Fsp3) is 0.464. The third-order valence-electron chi connectivity index (χ3n) is 6.26. The zero-order chi connectivity index (χ0) is 26.3. The van der Waals surface area contributed by atoms with Crippen LogP contribution in [0.15, 0.2) is 30.3 Å². The van der Waals surface area contributed by atoms with Crippen LogP contribution in [-0.4, -0.2) is 54.8 Å². The van der Waals surface area contributed by atoms with E-state index >= 15 is 0 Å². The van der Waals surface area contributed by atoms with E-state index in [9.17, 15) is 9.59 Å². The lowest BCUT2D eigenvalue weighted by Crippen LogP contribution is -2.30. The van der Waals surface area contributed by atoms with Crippen molar-refractivity contribution in [2.45, 2.75) is 58.9 Å². The van der Waals surface area contributed by atoms with E-state index in [0.29, 0.717) is 29.4 Å². The van der Waals surface area contributed by atoms with Crippen LogP contribution in [0.1, 0.15) is 74.2 Å². The molecule has 0 unspecified atom stereocenters. The first-order valence-electron chi connectivity index (χ1n) is 11.8. The first kappa shape index (κ1) is 29.4. The average Bonchev–Trinajstić information content (AvgIpc) is 3.04. The molecule has 2 N–H and O–H groups in total. The third-order valence-corrected chi connectivity index (χ3v) is 6.26. The number of ketones is 1. The van der Waals surface area contributed by atoms with E-state index in [0.717, 1.165) is 22.3 Å². The normalized spacial score (nSPS) is 13.2. The van der Waals surface area contributed by atoms with Gasteiger partial charge in [0.25, 0.3) is 0 Å². The lowest BCUT2D eigenvalue weighted by Gasteiger charge is -2.28. The Bertz CT molecular complexity index is 1180. The molecule has 196 valence electrons. The summed E-state index contributed by atoms with van der Waals surface area (Å²) in [4.78, 5) is 28.3. The van der Waals surface area contributed by atoms with Crippen molar-refractivity contribution in [2.24, 2.45) is 0 Å². The number of aliphatic carboxylic acids is 1. The first-order chi connectivity index (χ1) is 16.1. The second-order valence-corrected chi connectivity index (χ2v) is 11.4.